The van der Waals surface area contributed by atoms with Crippen LogP contribution in [0, 0.1) is 17.8 Å². The van der Waals surface area contributed by atoms with Crippen molar-refractivity contribution in [3.05, 3.63) is 35.9 Å². The molecule has 0 aliphatic carbocycles. The van der Waals surface area contributed by atoms with Crippen LogP contribution in [-0.2, 0) is 25.7 Å². The van der Waals surface area contributed by atoms with Crippen molar-refractivity contribution in [2.75, 3.05) is 6.61 Å². The molecule has 0 aromatic heterocycles. The number of hydrogen-bond donors (Lipinski definition) is 3. The maximum Gasteiger partial charge on any atom is 0.246 e. The van der Waals surface area contributed by atoms with Crippen LogP contribution in [0.25, 0.3) is 0 Å². The number of nitrogens with zero attached hydrogens (tertiary/aromatic N) is 1. The Morgan fingerprint density at radius 1 is 1.20 bits per heavy atom. The van der Waals surface area contributed by atoms with Gasteiger partial charge in [0.2, 0.25) is 17.7 Å². The summed E-state index contributed by atoms with van der Waals surface area (Å²) < 4.78 is 6.45. The molecule has 2 bridgehead atoms. The van der Waals surface area contributed by atoms with E-state index >= 15 is 0 Å². The van der Waals surface area contributed by atoms with E-state index in [1.807, 2.05) is 51.1 Å². The zero-order valence-electron chi connectivity index (χ0n) is 21.2. The Morgan fingerprint density at radius 2 is 1.91 bits per heavy atom. The molecule has 0 radical (unpaired) electrons. The number of amides is 3. The molecule has 4 rings (SSSR count). The second-order valence-corrected chi connectivity index (χ2v) is 10.7. The minimum atomic E-state index is -1.05. The summed E-state index contributed by atoms with van der Waals surface area (Å²) in [6, 6.07) is 8.19. The van der Waals surface area contributed by atoms with E-state index in [-0.39, 0.29) is 36.3 Å². The van der Waals surface area contributed by atoms with E-state index in [1.54, 1.807) is 4.90 Å². The fraction of sp³-hybridized carbons (Fsp3) is 0.667. The SMILES string of the molecule is CCCC(C)NC(=O)C1N([C@@H](CO)C(C)C)C(=O)[C@@H]2[C@@H](C(=O)NCc3ccccc3)[C@H]3CCC12O3. The maximum absolute atomic E-state index is 14.0. The van der Waals surface area contributed by atoms with Crippen LogP contribution in [0.2, 0.25) is 0 Å². The third-order valence-electron chi connectivity index (χ3n) is 8.02. The van der Waals surface area contributed by atoms with Gasteiger partial charge in [-0.2, -0.15) is 0 Å². The first-order valence-electron chi connectivity index (χ1n) is 13.0. The lowest BCUT2D eigenvalue weighted by Crippen LogP contribution is -2.59. The molecule has 3 N–H and O–H groups in total. The summed E-state index contributed by atoms with van der Waals surface area (Å²) in [6.07, 6.45) is 2.53. The second-order valence-electron chi connectivity index (χ2n) is 10.7. The second kappa shape index (κ2) is 10.3. The molecule has 35 heavy (non-hydrogen) atoms. The molecule has 8 heteroatoms. The van der Waals surface area contributed by atoms with E-state index in [0.717, 1.165) is 18.4 Å². The molecule has 3 fully saturated rings. The number of fused-ring (bicyclic) bond motifs is 1. The summed E-state index contributed by atoms with van der Waals surface area (Å²) in [4.78, 5) is 42.6. The van der Waals surface area contributed by atoms with Crippen LogP contribution in [0.15, 0.2) is 30.3 Å². The van der Waals surface area contributed by atoms with Crippen LogP contribution in [0.4, 0.5) is 0 Å². The summed E-state index contributed by atoms with van der Waals surface area (Å²) in [5.74, 6) is -2.19. The molecule has 3 heterocycles. The van der Waals surface area contributed by atoms with Crippen LogP contribution in [-0.4, -0.2) is 64.2 Å². The van der Waals surface area contributed by atoms with Crippen molar-refractivity contribution in [3.63, 3.8) is 0 Å². The molecule has 8 nitrogen and oxygen atoms in total. The standard InChI is InChI=1S/C27H39N3O5/c1-5-9-17(4)29-25(33)23-27-13-12-20(35-27)21(24(32)28-14-18-10-7-6-8-11-18)22(27)26(34)30(23)19(15-31)16(2)3/h6-8,10-11,16-17,19-23,31H,5,9,12-15H2,1-4H3,(H,28,32)(H,29,33)/t17?,19-,20+,21-,22-,23?,27?/m0/s1. The number of rotatable bonds is 10. The maximum atomic E-state index is 14.0. The van der Waals surface area contributed by atoms with Crippen LogP contribution in [0.5, 0.6) is 0 Å². The third kappa shape index (κ3) is 4.47. The number of aliphatic hydroxyl groups is 1. The number of aliphatic hydroxyl groups excluding tert-OH is 1. The van der Waals surface area contributed by atoms with Gasteiger partial charge in [-0.3, -0.25) is 14.4 Å². The number of hydrogen-bond acceptors (Lipinski definition) is 5. The van der Waals surface area contributed by atoms with Crippen molar-refractivity contribution in [1.29, 1.82) is 0 Å². The van der Waals surface area contributed by atoms with Gasteiger partial charge in [0.25, 0.3) is 0 Å². The summed E-state index contributed by atoms with van der Waals surface area (Å²) in [6.45, 7) is 7.98. The van der Waals surface area contributed by atoms with Gasteiger partial charge in [0.15, 0.2) is 0 Å². The van der Waals surface area contributed by atoms with E-state index in [9.17, 15) is 19.5 Å². The number of carbonyl (C=O) groups is 3. The van der Waals surface area contributed by atoms with Crippen LogP contribution < -0.4 is 10.6 Å². The van der Waals surface area contributed by atoms with Gasteiger partial charge >= 0.3 is 0 Å². The Labute approximate surface area is 207 Å². The largest absolute Gasteiger partial charge is 0.394 e. The molecular formula is C27H39N3O5. The van der Waals surface area contributed by atoms with Crippen molar-refractivity contribution >= 4 is 17.7 Å². The number of nitrogens with one attached hydrogen (secondary N) is 2. The fourth-order valence-electron chi connectivity index (χ4n) is 6.40. The predicted octanol–water partition coefficient (Wildman–Crippen LogP) is 2.00. The highest BCUT2D eigenvalue weighted by Crippen LogP contribution is 2.59. The van der Waals surface area contributed by atoms with Crippen molar-refractivity contribution in [1.82, 2.24) is 15.5 Å². The Kier molecular flexibility index (Phi) is 7.52. The summed E-state index contributed by atoms with van der Waals surface area (Å²) >= 11 is 0. The minimum absolute atomic E-state index is 0.0462. The summed E-state index contributed by atoms with van der Waals surface area (Å²) in [7, 11) is 0. The van der Waals surface area contributed by atoms with E-state index in [0.29, 0.717) is 19.4 Å². The van der Waals surface area contributed by atoms with Crippen LogP contribution in [0.3, 0.4) is 0 Å². The van der Waals surface area contributed by atoms with Gasteiger partial charge in [-0.05, 0) is 37.7 Å². The Hall–Kier alpha value is -2.45. The number of benzene rings is 1. The van der Waals surface area contributed by atoms with Gasteiger partial charge in [-0.1, -0.05) is 57.5 Å². The van der Waals surface area contributed by atoms with Gasteiger partial charge in [0, 0.05) is 12.6 Å². The van der Waals surface area contributed by atoms with Crippen molar-refractivity contribution in [3.8, 4) is 0 Å². The van der Waals surface area contributed by atoms with E-state index in [1.165, 1.54) is 0 Å². The minimum Gasteiger partial charge on any atom is -0.394 e. The molecule has 3 aliphatic heterocycles. The lowest BCUT2D eigenvalue weighted by molar-refractivity contribution is -0.147. The molecular weight excluding hydrogens is 446 g/mol. The lowest BCUT2D eigenvalue weighted by Gasteiger charge is -2.38. The van der Waals surface area contributed by atoms with Gasteiger partial charge in [-0.25, -0.2) is 0 Å². The Balaban J connectivity index is 1.64. The smallest absolute Gasteiger partial charge is 0.246 e. The third-order valence-corrected chi connectivity index (χ3v) is 8.02. The average molecular weight is 486 g/mol. The van der Waals surface area contributed by atoms with E-state index in [4.69, 9.17) is 4.74 Å². The first-order valence-corrected chi connectivity index (χ1v) is 13.0. The molecule has 3 unspecified atom stereocenters. The summed E-state index contributed by atoms with van der Waals surface area (Å²) in [5, 5.41) is 16.3. The predicted molar refractivity (Wildman–Crippen MR) is 131 cm³/mol. The number of likely N-dealkylation sites (tertiary alicyclic amines) is 1. The van der Waals surface area contributed by atoms with Gasteiger partial charge in [0.05, 0.1) is 30.6 Å². The Bertz CT molecular complexity index is 938. The zero-order chi connectivity index (χ0) is 25.3. The van der Waals surface area contributed by atoms with Crippen LogP contribution in [0.1, 0.15) is 58.9 Å². The van der Waals surface area contributed by atoms with Gasteiger partial charge in [0.1, 0.15) is 11.6 Å². The molecule has 0 saturated carbocycles. The zero-order valence-corrected chi connectivity index (χ0v) is 21.2. The van der Waals surface area contributed by atoms with E-state index < -0.39 is 35.6 Å². The van der Waals surface area contributed by atoms with Gasteiger partial charge < -0.3 is 25.4 Å². The monoisotopic (exact) mass is 485 g/mol. The number of ether oxygens (including phenoxy) is 1. The quantitative estimate of drug-likeness (QED) is 0.470. The summed E-state index contributed by atoms with van der Waals surface area (Å²) in [5.41, 5.74) is -0.0733. The fourth-order valence-corrected chi connectivity index (χ4v) is 6.40. The molecule has 1 aromatic carbocycles. The highest BCUT2D eigenvalue weighted by molar-refractivity contribution is 5.99. The first kappa shape index (κ1) is 25.6. The molecule has 3 aliphatic rings. The van der Waals surface area contributed by atoms with Crippen molar-refractivity contribution in [2.24, 2.45) is 17.8 Å². The van der Waals surface area contributed by atoms with Crippen molar-refractivity contribution in [2.45, 2.75) is 89.8 Å². The first-order chi connectivity index (χ1) is 16.7. The molecule has 192 valence electrons. The molecule has 7 atom stereocenters. The number of carbonyl (C=O) groups excluding carboxylic acids is 3. The lowest BCUT2D eigenvalue weighted by atomic mass is 9.70. The molecule has 3 amide bonds. The van der Waals surface area contributed by atoms with Crippen molar-refractivity contribution < 1.29 is 24.2 Å². The molecule has 1 aromatic rings. The Morgan fingerprint density at radius 3 is 2.54 bits per heavy atom. The van der Waals surface area contributed by atoms with Gasteiger partial charge in [-0.15, -0.1) is 0 Å². The highest BCUT2D eigenvalue weighted by Gasteiger charge is 2.75. The average Bonchev–Trinajstić information content (AvgIpc) is 3.46. The molecule has 3 saturated heterocycles. The highest BCUT2D eigenvalue weighted by atomic mass is 16.5. The topological polar surface area (TPSA) is 108 Å². The molecule has 1 spiro atoms. The van der Waals surface area contributed by atoms with Crippen LogP contribution >= 0.6 is 0 Å². The normalized spacial score (nSPS) is 30.9. The van der Waals surface area contributed by atoms with E-state index in [2.05, 4.69) is 17.6 Å².